The van der Waals surface area contributed by atoms with Crippen LogP contribution in [0.2, 0.25) is 0 Å². The molecule has 1 aromatic carbocycles. The molecule has 0 spiro atoms. The van der Waals surface area contributed by atoms with Crippen molar-refractivity contribution in [1.29, 1.82) is 0 Å². The fourth-order valence-corrected chi connectivity index (χ4v) is 2.14. The lowest BCUT2D eigenvalue weighted by Gasteiger charge is -2.32. The normalized spacial score (nSPS) is 16.4. The Morgan fingerprint density at radius 3 is 2.58 bits per heavy atom. The summed E-state index contributed by atoms with van der Waals surface area (Å²) in [4.78, 5) is 35.2. The van der Waals surface area contributed by atoms with Crippen LogP contribution in [0.25, 0.3) is 0 Å². The van der Waals surface area contributed by atoms with Gasteiger partial charge < -0.3 is 10.6 Å². The van der Waals surface area contributed by atoms with Gasteiger partial charge in [0, 0.05) is 23.9 Å². The van der Waals surface area contributed by atoms with Crippen LogP contribution in [0.1, 0.15) is 29.8 Å². The average Bonchev–Trinajstić information content (AvgIpc) is 2.36. The Kier molecular flexibility index (Phi) is 3.01. The van der Waals surface area contributed by atoms with Crippen LogP contribution in [-0.4, -0.2) is 24.9 Å². The van der Waals surface area contributed by atoms with Crippen LogP contribution in [0.3, 0.4) is 0 Å². The third kappa shape index (κ3) is 2.05. The van der Waals surface area contributed by atoms with E-state index in [1.54, 1.807) is 32.0 Å². The monoisotopic (exact) mass is 261 g/mol. The molecule has 0 bridgehead atoms. The Morgan fingerprint density at radius 1 is 1.26 bits per heavy atom. The predicted octanol–water partition coefficient (Wildman–Crippen LogP) is 0.985. The number of benzene rings is 1. The number of hydrogen-bond donors (Lipinski definition) is 3. The highest BCUT2D eigenvalue weighted by atomic mass is 16.2. The van der Waals surface area contributed by atoms with Crippen LogP contribution >= 0.6 is 0 Å². The molecule has 2 rings (SSSR count). The van der Waals surface area contributed by atoms with E-state index in [4.69, 9.17) is 0 Å². The predicted molar refractivity (Wildman–Crippen MR) is 70.0 cm³/mol. The first-order valence-electron chi connectivity index (χ1n) is 5.86. The lowest BCUT2D eigenvalue weighted by atomic mass is 9.77. The van der Waals surface area contributed by atoms with Crippen molar-refractivity contribution in [3.63, 3.8) is 0 Å². The van der Waals surface area contributed by atoms with Crippen molar-refractivity contribution >= 4 is 23.5 Å². The summed E-state index contributed by atoms with van der Waals surface area (Å²) in [6.45, 7) is 3.42. The van der Waals surface area contributed by atoms with Crippen molar-refractivity contribution < 1.29 is 14.4 Å². The highest BCUT2D eigenvalue weighted by molar-refractivity contribution is 6.14. The van der Waals surface area contributed by atoms with E-state index in [1.165, 1.54) is 7.05 Å². The fraction of sp³-hybridized carbons (Fsp3) is 0.308. The minimum atomic E-state index is -0.888. The first kappa shape index (κ1) is 13.1. The maximum Gasteiger partial charge on any atom is 0.318 e. The molecule has 6 nitrogen and oxygen atoms in total. The molecule has 3 N–H and O–H groups in total. The second kappa shape index (κ2) is 4.38. The van der Waals surface area contributed by atoms with Crippen LogP contribution in [0.15, 0.2) is 18.2 Å². The van der Waals surface area contributed by atoms with Gasteiger partial charge in [-0.2, -0.15) is 0 Å². The summed E-state index contributed by atoms with van der Waals surface area (Å²) in [5.41, 5.74) is 0.511. The van der Waals surface area contributed by atoms with E-state index in [-0.39, 0.29) is 5.91 Å². The largest absolute Gasteiger partial charge is 0.341 e. The molecule has 4 amide bonds. The van der Waals surface area contributed by atoms with Gasteiger partial charge >= 0.3 is 6.03 Å². The zero-order valence-corrected chi connectivity index (χ0v) is 11.0. The molecule has 0 aliphatic carbocycles. The van der Waals surface area contributed by atoms with Gasteiger partial charge in [0.05, 0.1) is 5.41 Å². The van der Waals surface area contributed by atoms with Crippen molar-refractivity contribution in [3.05, 3.63) is 29.3 Å². The first-order chi connectivity index (χ1) is 8.87. The lowest BCUT2D eigenvalue weighted by molar-refractivity contribution is -0.125. The van der Waals surface area contributed by atoms with Crippen LogP contribution in [-0.2, 0) is 10.2 Å². The number of amides is 4. The van der Waals surface area contributed by atoms with Gasteiger partial charge in [-0.15, -0.1) is 0 Å². The molecule has 0 atom stereocenters. The van der Waals surface area contributed by atoms with E-state index in [0.717, 1.165) is 0 Å². The first-order valence-corrected chi connectivity index (χ1v) is 5.86. The molecule has 6 heteroatoms. The molecule has 1 heterocycles. The number of urea groups is 1. The average molecular weight is 261 g/mol. The van der Waals surface area contributed by atoms with Crippen LogP contribution in [0, 0.1) is 0 Å². The summed E-state index contributed by atoms with van der Waals surface area (Å²) in [6.07, 6.45) is 0. The quantitative estimate of drug-likeness (QED) is 0.659. The third-order valence-corrected chi connectivity index (χ3v) is 3.20. The Bertz CT molecular complexity index is 578. The number of nitrogens with one attached hydrogen (secondary N) is 3. The smallest absolute Gasteiger partial charge is 0.318 e. The number of rotatable bonds is 1. The number of carbonyl (C=O) groups is 3. The van der Waals surface area contributed by atoms with E-state index in [0.29, 0.717) is 16.8 Å². The molecule has 0 saturated heterocycles. The molecule has 1 aromatic rings. The van der Waals surface area contributed by atoms with Gasteiger partial charge in [-0.25, -0.2) is 4.79 Å². The van der Waals surface area contributed by atoms with E-state index < -0.39 is 17.4 Å². The Morgan fingerprint density at radius 2 is 1.95 bits per heavy atom. The van der Waals surface area contributed by atoms with Crippen molar-refractivity contribution in [3.8, 4) is 0 Å². The van der Waals surface area contributed by atoms with Crippen molar-refractivity contribution in [2.24, 2.45) is 0 Å². The molecule has 0 radical (unpaired) electrons. The van der Waals surface area contributed by atoms with Gasteiger partial charge in [-0.3, -0.25) is 14.9 Å². The summed E-state index contributed by atoms with van der Waals surface area (Å²) >= 11 is 0. The fourth-order valence-electron chi connectivity index (χ4n) is 2.14. The van der Waals surface area contributed by atoms with E-state index in [9.17, 15) is 14.4 Å². The minimum absolute atomic E-state index is 0.379. The molecule has 19 heavy (non-hydrogen) atoms. The zero-order chi connectivity index (χ0) is 14.2. The second-order valence-corrected chi connectivity index (χ2v) is 4.84. The van der Waals surface area contributed by atoms with Crippen molar-refractivity contribution in [2.45, 2.75) is 19.3 Å². The number of fused-ring (bicyclic) bond motifs is 1. The Labute approximate surface area is 110 Å². The molecule has 0 aromatic heterocycles. The summed E-state index contributed by atoms with van der Waals surface area (Å²) in [5.74, 6) is -0.823. The molecule has 0 fully saturated rings. The van der Waals surface area contributed by atoms with Gasteiger partial charge in [-0.05, 0) is 26.0 Å². The number of carbonyl (C=O) groups excluding carboxylic acids is 3. The molecule has 100 valence electrons. The Hall–Kier alpha value is -2.37. The summed E-state index contributed by atoms with van der Waals surface area (Å²) in [5, 5.41) is 7.38. The summed E-state index contributed by atoms with van der Waals surface area (Å²) in [6, 6.07) is 4.56. The van der Waals surface area contributed by atoms with Crippen molar-refractivity contribution in [1.82, 2.24) is 10.6 Å². The molecular weight excluding hydrogens is 246 g/mol. The zero-order valence-electron chi connectivity index (χ0n) is 11.0. The topological polar surface area (TPSA) is 87.3 Å². The van der Waals surface area contributed by atoms with Gasteiger partial charge in [0.1, 0.15) is 0 Å². The van der Waals surface area contributed by atoms with Gasteiger partial charge in [0.25, 0.3) is 5.91 Å². The number of imide groups is 1. The molecular formula is C13H15N3O3. The Balaban J connectivity index is 2.61. The lowest BCUT2D eigenvalue weighted by Crippen LogP contribution is -2.49. The maximum absolute atomic E-state index is 11.9. The minimum Gasteiger partial charge on any atom is -0.341 e. The van der Waals surface area contributed by atoms with Crippen LogP contribution < -0.4 is 16.0 Å². The third-order valence-electron chi connectivity index (χ3n) is 3.20. The van der Waals surface area contributed by atoms with E-state index >= 15 is 0 Å². The van der Waals surface area contributed by atoms with Crippen molar-refractivity contribution in [2.75, 3.05) is 12.4 Å². The number of anilines is 1. The maximum atomic E-state index is 11.9. The summed E-state index contributed by atoms with van der Waals surface area (Å²) in [7, 11) is 1.49. The highest BCUT2D eigenvalue weighted by Crippen LogP contribution is 2.36. The van der Waals surface area contributed by atoms with Crippen LogP contribution in [0.5, 0.6) is 0 Å². The van der Waals surface area contributed by atoms with Crippen LogP contribution in [0.4, 0.5) is 10.5 Å². The number of hydrogen-bond acceptors (Lipinski definition) is 3. The molecule has 1 aliphatic rings. The van der Waals surface area contributed by atoms with E-state index in [1.807, 2.05) is 0 Å². The van der Waals surface area contributed by atoms with Gasteiger partial charge in [0.2, 0.25) is 5.91 Å². The van der Waals surface area contributed by atoms with Gasteiger partial charge in [-0.1, -0.05) is 6.07 Å². The second-order valence-electron chi connectivity index (χ2n) is 4.84. The molecule has 0 unspecified atom stereocenters. The molecule has 1 aliphatic heterocycles. The standard InChI is InChI=1S/C13H15N3O3/c1-13(2)9-7(10(17)16-11(13)18)5-4-6-8(9)15-12(19)14-3/h4-6H,1-3H3,(H2,14,15,19)(H,16,17,18). The van der Waals surface area contributed by atoms with E-state index in [2.05, 4.69) is 16.0 Å². The molecule has 0 saturated carbocycles. The SMILES string of the molecule is CNC(=O)Nc1cccc2c1C(C)(C)C(=O)NC2=O. The highest BCUT2D eigenvalue weighted by Gasteiger charge is 2.41. The van der Waals surface area contributed by atoms with Gasteiger partial charge in [0.15, 0.2) is 0 Å². The summed E-state index contributed by atoms with van der Waals surface area (Å²) < 4.78 is 0.